The quantitative estimate of drug-likeness (QED) is 0.158. The smallest absolute Gasteiger partial charge is 0.124 e. The highest BCUT2D eigenvalue weighted by atomic mass is 16.3. The Kier molecular flexibility index (Phi) is 6.33. The topological polar surface area (TPSA) is 97.8 Å². The second-order valence-corrected chi connectivity index (χ2v) is 11.9. The number of fused-ring (bicyclic) bond motifs is 9. The number of H-pyrrole nitrogens is 2. The molecule has 48 heavy (non-hydrogen) atoms. The molecule has 3 aromatic heterocycles. The van der Waals surface area contributed by atoms with E-state index in [9.17, 15) is 10.2 Å². The summed E-state index contributed by atoms with van der Waals surface area (Å²) >= 11 is 0. The van der Waals surface area contributed by atoms with Gasteiger partial charge in [0.05, 0.1) is 22.8 Å². The fourth-order valence-electron chi connectivity index (χ4n) is 6.77. The molecule has 0 atom stereocenters. The number of aromatic nitrogens is 4. The number of nitrogens with zero attached hydrogens (tertiary/aromatic N) is 2. The van der Waals surface area contributed by atoms with Crippen molar-refractivity contribution in [2.24, 2.45) is 0 Å². The Hall–Kier alpha value is -6.66. The molecule has 0 fully saturated rings. The number of phenolic OH excluding ortho intramolecular Hbond substituents is 2. The van der Waals surface area contributed by atoms with E-state index in [0.717, 1.165) is 77.7 Å². The van der Waals surface area contributed by atoms with Gasteiger partial charge < -0.3 is 20.2 Å². The summed E-state index contributed by atoms with van der Waals surface area (Å²) < 4.78 is 0. The molecule has 0 radical (unpaired) electrons. The van der Waals surface area contributed by atoms with E-state index < -0.39 is 0 Å². The molecule has 4 aromatic carbocycles. The zero-order valence-electron chi connectivity index (χ0n) is 25.6. The number of benzene rings is 4. The third-order valence-corrected chi connectivity index (χ3v) is 8.95. The van der Waals surface area contributed by atoms with Gasteiger partial charge in [0, 0.05) is 44.3 Å². The van der Waals surface area contributed by atoms with Gasteiger partial charge in [0.15, 0.2) is 0 Å². The van der Waals surface area contributed by atoms with Crippen LogP contribution in [0, 0.1) is 0 Å². The molecule has 228 valence electrons. The summed E-state index contributed by atoms with van der Waals surface area (Å²) in [6.45, 7) is 0. The Morgan fingerprint density at radius 1 is 0.458 bits per heavy atom. The third kappa shape index (κ3) is 4.66. The van der Waals surface area contributed by atoms with Crippen LogP contribution < -0.4 is 0 Å². The van der Waals surface area contributed by atoms with Crippen molar-refractivity contribution in [3.8, 4) is 44.9 Å². The number of rotatable bonds is 3. The summed E-state index contributed by atoms with van der Waals surface area (Å²) in [5, 5.41) is 23.6. The second kappa shape index (κ2) is 11.0. The first-order chi connectivity index (χ1) is 23.6. The highest BCUT2D eigenvalue weighted by Crippen LogP contribution is 2.42. The van der Waals surface area contributed by atoms with Crippen LogP contribution in [0.3, 0.4) is 0 Å². The molecule has 8 bridgehead atoms. The summed E-state index contributed by atoms with van der Waals surface area (Å²) in [7, 11) is 0. The molecule has 2 aliphatic heterocycles. The molecule has 0 spiro atoms. The number of aromatic hydroxyl groups is 2. The molecular weight excluding hydrogens is 592 g/mol. The first-order valence-electron chi connectivity index (χ1n) is 15.8. The lowest BCUT2D eigenvalue weighted by atomic mass is 9.96. The zero-order valence-corrected chi connectivity index (χ0v) is 25.6. The van der Waals surface area contributed by atoms with E-state index in [1.807, 2.05) is 91.0 Å². The van der Waals surface area contributed by atoms with Crippen molar-refractivity contribution in [3.63, 3.8) is 0 Å². The minimum Gasteiger partial charge on any atom is -0.508 e. The highest BCUT2D eigenvalue weighted by molar-refractivity contribution is 6.07. The molecule has 0 unspecified atom stereocenters. The fraction of sp³-hybridized carbons (Fsp3) is 0. The van der Waals surface area contributed by atoms with Gasteiger partial charge >= 0.3 is 0 Å². The van der Waals surface area contributed by atoms with E-state index in [2.05, 4.69) is 46.4 Å². The number of hydrogen-bond acceptors (Lipinski definition) is 4. The Morgan fingerprint density at radius 2 is 1.08 bits per heavy atom. The molecule has 2 aliphatic rings. The Bertz CT molecular complexity index is 2630. The minimum absolute atomic E-state index is 0.167. The molecule has 7 aromatic rings. The van der Waals surface area contributed by atoms with Gasteiger partial charge in [-0.1, -0.05) is 72.8 Å². The lowest BCUT2D eigenvalue weighted by molar-refractivity contribution is 0.475. The van der Waals surface area contributed by atoms with Gasteiger partial charge in [-0.25, -0.2) is 9.97 Å². The molecular formula is C42H28N4O2. The van der Waals surface area contributed by atoms with Crippen LogP contribution in [0.5, 0.6) is 11.5 Å². The van der Waals surface area contributed by atoms with Gasteiger partial charge in [0.25, 0.3) is 0 Å². The normalized spacial score (nSPS) is 12.2. The molecule has 6 nitrogen and oxygen atoms in total. The van der Waals surface area contributed by atoms with Gasteiger partial charge in [-0.2, -0.15) is 0 Å². The number of nitrogens with one attached hydrogen (secondary N) is 2. The predicted octanol–water partition coefficient (Wildman–Crippen LogP) is 10.2. The zero-order chi connectivity index (χ0) is 32.2. The van der Waals surface area contributed by atoms with E-state index in [-0.39, 0.29) is 11.5 Å². The van der Waals surface area contributed by atoms with E-state index in [0.29, 0.717) is 11.3 Å². The maximum Gasteiger partial charge on any atom is 0.124 e. The van der Waals surface area contributed by atoms with Crippen molar-refractivity contribution in [1.29, 1.82) is 0 Å². The predicted molar refractivity (Wildman–Crippen MR) is 196 cm³/mol. The van der Waals surface area contributed by atoms with E-state index in [1.54, 1.807) is 18.2 Å². The van der Waals surface area contributed by atoms with Crippen LogP contribution in [0.2, 0.25) is 0 Å². The van der Waals surface area contributed by atoms with Gasteiger partial charge in [-0.05, 0) is 94.7 Å². The summed E-state index contributed by atoms with van der Waals surface area (Å²) in [6.07, 6.45) is 8.10. The average Bonchev–Trinajstić information content (AvgIpc) is 3.94. The molecule has 0 amide bonds. The molecule has 0 aliphatic carbocycles. The lowest BCUT2D eigenvalue weighted by Crippen LogP contribution is -1.90. The first-order valence-corrected chi connectivity index (χ1v) is 15.8. The lowest BCUT2D eigenvalue weighted by Gasteiger charge is -2.11. The highest BCUT2D eigenvalue weighted by Gasteiger charge is 2.20. The molecule has 5 heterocycles. The summed E-state index contributed by atoms with van der Waals surface area (Å²) in [5.74, 6) is 0.360. The fourth-order valence-corrected chi connectivity index (χ4v) is 6.77. The Balaban J connectivity index is 1.48. The van der Waals surface area contributed by atoms with Crippen molar-refractivity contribution in [1.82, 2.24) is 19.9 Å². The van der Waals surface area contributed by atoms with Gasteiger partial charge in [-0.3, -0.25) is 0 Å². The van der Waals surface area contributed by atoms with E-state index in [1.165, 1.54) is 0 Å². The summed E-state index contributed by atoms with van der Waals surface area (Å²) in [5.41, 5.74) is 11.9. The maximum atomic E-state index is 11.5. The average molecular weight is 621 g/mol. The van der Waals surface area contributed by atoms with Crippen molar-refractivity contribution in [2.45, 2.75) is 0 Å². The van der Waals surface area contributed by atoms with Crippen LogP contribution in [0.15, 0.2) is 121 Å². The first kappa shape index (κ1) is 27.6. The maximum absolute atomic E-state index is 11.5. The van der Waals surface area contributed by atoms with Crippen molar-refractivity contribution < 1.29 is 10.2 Å². The summed E-state index contributed by atoms with van der Waals surface area (Å²) in [4.78, 5) is 17.6. The number of aromatic amines is 2. The largest absolute Gasteiger partial charge is 0.508 e. The van der Waals surface area contributed by atoms with E-state index in [4.69, 9.17) is 9.97 Å². The van der Waals surface area contributed by atoms with Crippen LogP contribution in [-0.2, 0) is 0 Å². The second-order valence-electron chi connectivity index (χ2n) is 11.9. The monoisotopic (exact) mass is 620 g/mol. The minimum atomic E-state index is 0.167. The standard InChI is InChI=1S/C42H28N4O2/c47-30-15-10-27(11-16-30)40-33-18-14-29(44-33)24-28-13-17-32(43-28)39(26-7-2-1-3-8-26)34-19-21-36(45-34)42(37-22-20-35(40)46-37)41-31-9-5-4-6-25(31)12-23-38(41)48/h1-24,44-45,47-48H. The van der Waals surface area contributed by atoms with Crippen LogP contribution >= 0.6 is 0 Å². The Labute approximate surface area is 275 Å². The Morgan fingerprint density at radius 3 is 1.90 bits per heavy atom. The van der Waals surface area contributed by atoms with Crippen LogP contribution in [0.1, 0.15) is 22.8 Å². The SMILES string of the molecule is Oc1ccc(-c2c3nc(c(-c4c(O)ccc5ccccc45)c4ccc([nH]4)c(-c4ccccc4)c4nc(cc5ccc2[nH]5)C=C4)C=C3)cc1. The van der Waals surface area contributed by atoms with Crippen LogP contribution in [0.25, 0.3) is 90.5 Å². The molecule has 9 rings (SSSR count). The molecule has 6 heteroatoms. The number of hydrogen-bond donors (Lipinski definition) is 4. The van der Waals surface area contributed by atoms with Crippen LogP contribution in [-0.4, -0.2) is 30.1 Å². The molecule has 0 saturated carbocycles. The van der Waals surface area contributed by atoms with Crippen molar-refractivity contribution in [2.75, 3.05) is 0 Å². The van der Waals surface area contributed by atoms with E-state index >= 15 is 0 Å². The molecule has 0 saturated heterocycles. The number of phenols is 2. The van der Waals surface area contributed by atoms with Gasteiger partial charge in [0.1, 0.15) is 11.5 Å². The third-order valence-electron chi connectivity index (χ3n) is 8.95. The van der Waals surface area contributed by atoms with Crippen LogP contribution in [0.4, 0.5) is 0 Å². The van der Waals surface area contributed by atoms with Gasteiger partial charge in [-0.15, -0.1) is 0 Å². The van der Waals surface area contributed by atoms with Crippen molar-refractivity contribution >= 4 is 57.1 Å². The molecule has 4 N–H and O–H groups in total. The van der Waals surface area contributed by atoms with Gasteiger partial charge in [0.2, 0.25) is 0 Å². The van der Waals surface area contributed by atoms with Crippen molar-refractivity contribution in [3.05, 3.63) is 144 Å². The summed E-state index contributed by atoms with van der Waals surface area (Å²) in [6, 6.07) is 39.4.